The molecule has 2 aromatic rings. The average molecular weight is 363 g/mol. The van der Waals surface area contributed by atoms with Crippen LogP contribution in [0, 0.1) is 0 Å². The Balaban J connectivity index is 0.00000208. The fourth-order valence-corrected chi connectivity index (χ4v) is 3.56. The zero-order chi connectivity index (χ0) is 15.9. The van der Waals surface area contributed by atoms with E-state index in [4.69, 9.17) is 0 Å². The molecule has 0 aliphatic carbocycles. The number of carbonyl (C=O) groups excluding carboxylic acids is 1. The SMILES string of the molecule is Cl.O=C(NCC1CCCN1)c1ccc(CSc2ccccc2)cc1. The van der Waals surface area contributed by atoms with Crippen molar-refractivity contribution < 1.29 is 4.79 Å². The topological polar surface area (TPSA) is 41.1 Å². The van der Waals surface area contributed by atoms with Crippen LogP contribution in [-0.2, 0) is 5.75 Å². The van der Waals surface area contributed by atoms with E-state index in [1.165, 1.54) is 16.9 Å². The lowest BCUT2D eigenvalue weighted by Gasteiger charge is -2.11. The van der Waals surface area contributed by atoms with E-state index in [-0.39, 0.29) is 18.3 Å². The summed E-state index contributed by atoms with van der Waals surface area (Å²) in [7, 11) is 0. The molecule has 1 unspecified atom stereocenters. The molecule has 128 valence electrons. The number of thioether (sulfide) groups is 1. The second-order valence-electron chi connectivity index (χ2n) is 5.80. The maximum Gasteiger partial charge on any atom is 0.251 e. The van der Waals surface area contributed by atoms with Crippen LogP contribution in [0.4, 0.5) is 0 Å². The molecule has 2 N–H and O–H groups in total. The molecule has 0 spiro atoms. The van der Waals surface area contributed by atoms with E-state index in [1.54, 1.807) is 11.8 Å². The first-order chi connectivity index (χ1) is 11.3. The summed E-state index contributed by atoms with van der Waals surface area (Å²) in [4.78, 5) is 13.4. The first-order valence-electron chi connectivity index (χ1n) is 8.09. The molecule has 1 saturated heterocycles. The number of amides is 1. The highest BCUT2D eigenvalue weighted by molar-refractivity contribution is 7.98. The minimum Gasteiger partial charge on any atom is -0.350 e. The van der Waals surface area contributed by atoms with Crippen LogP contribution < -0.4 is 10.6 Å². The third kappa shape index (κ3) is 5.55. The van der Waals surface area contributed by atoms with Gasteiger partial charge in [0.15, 0.2) is 0 Å². The van der Waals surface area contributed by atoms with E-state index < -0.39 is 0 Å². The minimum absolute atomic E-state index is 0. The highest BCUT2D eigenvalue weighted by Crippen LogP contribution is 2.22. The van der Waals surface area contributed by atoms with Crippen molar-refractivity contribution >= 4 is 30.1 Å². The normalized spacial score (nSPS) is 16.4. The Morgan fingerprint density at radius 3 is 2.54 bits per heavy atom. The number of carbonyl (C=O) groups is 1. The van der Waals surface area contributed by atoms with Crippen molar-refractivity contribution in [2.75, 3.05) is 13.1 Å². The van der Waals surface area contributed by atoms with Crippen molar-refractivity contribution in [3.63, 3.8) is 0 Å². The summed E-state index contributed by atoms with van der Waals surface area (Å²) in [6.07, 6.45) is 2.35. The lowest BCUT2D eigenvalue weighted by molar-refractivity contribution is 0.0950. The van der Waals surface area contributed by atoms with Gasteiger partial charge in [-0.25, -0.2) is 0 Å². The Morgan fingerprint density at radius 2 is 1.88 bits per heavy atom. The first kappa shape index (κ1) is 18.8. The standard InChI is InChI=1S/C19H22N2OS.ClH/c22-19(21-13-17-5-4-12-20-17)16-10-8-15(9-11-16)14-23-18-6-2-1-3-7-18;/h1-3,6-11,17,20H,4-5,12-14H2,(H,21,22);1H. The highest BCUT2D eigenvalue weighted by atomic mass is 35.5. The number of benzene rings is 2. The molecule has 5 heteroatoms. The van der Waals surface area contributed by atoms with Gasteiger partial charge in [-0.05, 0) is 49.2 Å². The van der Waals surface area contributed by atoms with Crippen LogP contribution in [0.2, 0.25) is 0 Å². The molecule has 1 fully saturated rings. The van der Waals surface area contributed by atoms with Crippen LogP contribution in [0.15, 0.2) is 59.5 Å². The number of hydrogen-bond acceptors (Lipinski definition) is 3. The minimum atomic E-state index is 0. The van der Waals surface area contributed by atoms with Gasteiger partial charge < -0.3 is 10.6 Å². The van der Waals surface area contributed by atoms with Crippen LogP contribution in [0.3, 0.4) is 0 Å². The average Bonchev–Trinajstić information content (AvgIpc) is 3.13. The monoisotopic (exact) mass is 362 g/mol. The molecule has 1 aliphatic rings. The third-order valence-corrected chi connectivity index (χ3v) is 5.12. The number of nitrogens with one attached hydrogen (secondary N) is 2. The van der Waals surface area contributed by atoms with Crippen molar-refractivity contribution in [1.29, 1.82) is 0 Å². The Labute approximate surface area is 154 Å². The van der Waals surface area contributed by atoms with Crippen molar-refractivity contribution in [3.8, 4) is 0 Å². The Hall–Kier alpha value is -1.49. The molecular weight excluding hydrogens is 340 g/mol. The molecule has 0 aromatic heterocycles. The molecule has 3 rings (SSSR count). The van der Waals surface area contributed by atoms with Crippen molar-refractivity contribution in [2.24, 2.45) is 0 Å². The van der Waals surface area contributed by atoms with Crippen LogP contribution >= 0.6 is 24.2 Å². The molecule has 0 radical (unpaired) electrons. The fourth-order valence-electron chi connectivity index (χ4n) is 2.68. The van der Waals surface area contributed by atoms with Gasteiger partial charge in [-0.2, -0.15) is 0 Å². The zero-order valence-corrected chi connectivity index (χ0v) is 15.2. The van der Waals surface area contributed by atoms with E-state index in [0.717, 1.165) is 24.3 Å². The van der Waals surface area contributed by atoms with Crippen LogP contribution in [0.25, 0.3) is 0 Å². The van der Waals surface area contributed by atoms with Crippen molar-refractivity contribution in [1.82, 2.24) is 10.6 Å². The first-order valence-corrected chi connectivity index (χ1v) is 9.08. The molecule has 3 nitrogen and oxygen atoms in total. The van der Waals surface area contributed by atoms with Crippen LogP contribution in [-0.4, -0.2) is 25.0 Å². The molecule has 0 bridgehead atoms. The van der Waals surface area contributed by atoms with E-state index in [1.807, 2.05) is 30.3 Å². The Bertz CT molecular complexity index is 628. The van der Waals surface area contributed by atoms with Gasteiger partial charge in [0.25, 0.3) is 5.91 Å². The second-order valence-corrected chi connectivity index (χ2v) is 6.85. The maximum absolute atomic E-state index is 12.1. The molecule has 2 aromatic carbocycles. The van der Waals surface area contributed by atoms with Crippen LogP contribution in [0.5, 0.6) is 0 Å². The van der Waals surface area contributed by atoms with Crippen molar-refractivity contribution in [3.05, 3.63) is 65.7 Å². The quantitative estimate of drug-likeness (QED) is 0.766. The molecule has 1 aliphatic heterocycles. The molecule has 1 heterocycles. The lowest BCUT2D eigenvalue weighted by atomic mass is 10.1. The Morgan fingerprint density at radius 1 is 1.12 bits per heavy atom. The summed E-state index contributed by atoms with van der Waals surface area (Å²) < 4.78 is 0. The van der Waals surface area contributed by atoms with Gasteiger partial charge in [-0.3, -0.25) is 4.79 Å². The number of rotatable bonds is 6. The van der Waals surface area contributed by atoms with Crippen LogP contribution in [0.1, 0.15) is 28.8 Å². The van der Waals surface area contributed by atoms with E-state index in [9.17, 15) is 4.79 Å². The second kappa shape index (κ2) is 9.72. The molecule has 1 atom stereocenters. The van der Waals surface area contributed by atoms with Gasteiger partial charge in [0.2, 0.25) is 0 Å². The zero-order valence-electron chi connectivity index (χ0n) is 13.5. The maximum atomic E-state index is 12.1. The molecule has 1 amide bonds. The van der Waals surface area contributed by atoms with E-state index in [2.05, 4.69) is 34.9 Å². The van der Waals surface area contributed by atoms with E-state index in [0.29, 0.717) is 12.6 Å². The smallest absolute Gasteiger partial charge is 0.251 e. The number of halogens is 1. The van der Waals surface area contributed by atoms with Gasteiger partial charge >= 0.3 is 0 Å². The predicted molar refractivity (Wildman–Crippen MR) is 103 cm³/mol. The Kier molecular flexibility index (Phi) is 7.63. The van der Waals surface area contributed by atoms with Crippen molar-refractivity contribution in [2.45, 2.75) is 29.5 Å². The summed E-state index contributed by atoms with van der Waals surface area (Å²) in [5.41, 5.74) is 1.96. The van der Waals surface area contributed by atoms with Gasteiger partial charge in [-0.15, -0.1) is 24.2 Å². The fraction of sp³-hybridized carbons (Fsp3) is 0.316. The highest BCUT2D eigenvalue weighted by Gasteiger charge is 2.15. The summed E-state index contributed by atoms with van der Waals surface area (Å²) in [5, 5.41) is 6.40. The predicted octanol–water partition coefficient (Wildman–Crippen LogP) is 3.88. The lowest BCUT2D eigenvalue weighted by Crippen LogP contribution is -2.37. The number of hydrogen-bond donors (Lipinski definition) is 2. The van der Waals surface area contributed by atoms with Gasteiger partial charge in [0, 0.05) is 28.8 Å². The van der Waals surface area contributed by atoms with Gasteiger partial charge in [0.1, 0.15) is 0 Å². The molecular formula is C19H23ClN2OS. The van der Waals surface area contributed by atoms with E-state index >= 15 is 0 Å². The molecule has 0 saturated carbocycles. The third-order valence-electron chi connectivity index (χ3n) is 4.04. The van der Waals surface area contributed by atoms with Gasteiger partial charge in [-0.1, -0.05) is 30.3 Å². The summed E-state index contributed by atoms with van der Waals surface area (Å²) in [5.74, 6) is 0.929. The van der Waals surface area contributed by atoms with Gasteiger partial charge in [0.05, 0.1) is 0 Å². The molecule has 24 heavy (non-hydrogen) atoms. The summed E-state index contributed by atoms with van der Waals surface area (Å²) >= 11 is 1.81. The summed E-state index contributed by atoms with van der Waals surface area (Å²) in [6.45, 7) is 1.78. The summed E-state index contributed by atoms with van der Waals surface area (Å²) in [6, 6.07) is 18.7. The largest absolute Gasteiger partial charge is 0.350 e.